The Morgan fingerprint density at radius 1 is 1.12 bits per heavy atom. The van der Waals surface area contributed by atoms with E-state index in [4.69, 9.17) is 9.15 Å². The molecule has 2 bridgehead atoms. The fourth-order valence-electron chi connectivity index (χ4n) is 5.58. The molecular formula is C25H27I2N4O3-. The molecule has 0 spiro atoms. The van der Waals surface area contributed by atoms with Crippen molar-refractivity contribution in [1.82, 2.24) is 13.0 Å². The number of likely N-dealkylation sites (tertiary alicyclic amines) is 1. The van der Waals surface area contributed by atoms with Gasteiger partial charge in [0, 0.05) is 6.42 Å². The van der Waals surface area contributed by atoms with Crippen molar-refractivity contribution in [2.24, 2.45) is 0 Å². The molecule has 2 aromatic carbocycles. The minimum atomic E-state index is -0.191. The molecule has 1 amide bonds. The van der Waals surface area contributed by atoms with Gasteiger partial charge in [-0.25, -0.2) is 4.98 Å². The molecule has 0 radical (unpaired) electrons. The number of aromatic nitrogens is 1. The molecule has 2 fully saturated rings. The Morgan fingerprint density at radius 2 is 2.00 bits per heavy atom. The molecule has 3 aliphatic rings. The molecule has 0 saturated carbocycles. The Hall–Kier alpha value is -1.60. The van der Waals surface area contributed by atoms with Crippen LogP contribution in [0, 0.1) is 0 Å². The second kappa shape index (κ2) is 9.81. The normalized spacial score (nSPS) is 22.4. The predicted molar refractivity (Wildman–Crippen MR) is 135 cm³/mol. The summed E-state index contributed by atoms with van der Waals surface area (Å²) in [5.41, 5.74) is 6.76. The molecule has 9 heteroatoms. The third kappa shape index (κ3) is 4.39. The first kappa shape index (κ1) is 22.8. The molecule has 180 valence electrons. The molecule has 34 heavy (non-hydrogen) atoms. The molecule has 1 aliphatic carbocycles. The number of piperazine rings is 1. The van der Waals surface area contributed by atoms with Gasteiger partial charge in [-0.05, 0) is 17.7 Å². The van der Waals surface area contributed by atoms with Crippen LogP contribution in [-0.4, -0.2) is 58.4 Å². The van der Waals surface area contributed by atoms with E-state index in [9.17, 15) is 4.79 Å². The van der Waals surface area contributed by atoms with Crippen LogP contribution in [0.15, 0.2) is 47.2 Å². The second-order valence-electron chi connectivity index (χ2n) is 9.22. The van der Waals surface area contributed by atoms with Crippen molar-refractivity contribution in [3.63, 3.8) is 0 Å². The van der Waals surface area contributed by atoms with Crippen LogP contribution < -0.4 is 22.4 Å². The number of ether oxygens (including phenoxy) is 1. The number of nitrogens with zero attached hydrogens (tertiary/aromatic N) is 4. The number of rotatable bonds is 5. The van der Waals surface area contributed by atoms with Crippen molar-refractivity contribution in [3.05, 3.63) is 59.5 Å². The summed E-state index contributed by atoms with van der Waals surface area (Å²) in [5, 5.41) is 0. The van der Waals surface area contributed by atoms with E-state index in [2.05, 4.69) is 49.8 Å². The fourth-order valence-corrected chi connectivity index (χ4v) is 8.83. The van der Waals surface area contributed by atoms with Gasteiger partial charge in [0.1, 0.15) is 5.52 Å². The Morgan fingerprint density at radius 3 is 2.85 bits per heavy atom. The Bertz CT molecular complexity index is 1190. The number of anilines is 1. The second-order valence-corrected chi connectivity index (χ2v) is 13.4. The molecule has 7 nitrogen and oxygen atoms in total. The summed E-state index contributed by atoms with van der Waals surface area (Å²) < 4.78 is 13.6. The molecule has 2 saturated heterocycles. The molecule has 2 atom stereocenters. The third-order valence-electron chi connectivity index (χ3n) is 7.40. The summed E-state index contributed by atoms with van der Waals surface area (Å²) in [7, 11) is 0. The maximum atomic E-state index is 13.1. The average Bonchev–Trinajstić information content (AvgIpc) is 3.46. The number of hydrogen-bond acceptors (Lipinski definition) is 6. The van der Waals surface area contributed by atoms with Crippen molar-refractivity contribution >= 4 is 41.5 Å². The zero-order valence-electron chi connectivity index (χ0n) is 18.8. The third-order valence-corrected chi connectivity index (χ3v) is 12.3. The average molecular weight is 685 g/mol. The molecule has 2 aliphatic heterocycles. The van der Waals surface area contributed by atoms with Gasteiger partial charge in [-0.15, -0.1) is 0 Å². The van der Waals surface area contributed by atoms with Crippen LogP contribution in [-0.2, 0) is 11.2 Å². The van der Waals surface area contributed by atoms with Crippen molar-refractivity contribution in [1.29, 1.82) is 0 Å². The van der Waals surface area contributed by atoms with Crippen molar-refractivity contribution in [2.45, 2.75) is 31.2 Å². The van der Waals surface area contributed by atoms with Crippen molar-refractivity contribution in [2.75, 3.05) is 44.2 Å². The molecule has 6 rings (SSSR count). The molecule has 3 aromatic rings. The first-order valence-corrected chi connectivity index (χ1v) is 19.1. The fraction of sp³-hybridized carbons (Fsp3) is 0.440. The van der Waals surface area contributed by atoms with Gasteiger partial charge in [0.25, 0.3) is 0 Å². The number of piperidine rings is 1. The van der Waals surface area contributed by atoms with Gasteiger partial charge in [-0.3, -0.25) is 0 Å². The van der Waals surface area contributed by atoms with E-state index in [1.165, 1.54) is 23.2 Å². The minimum absolute atomic E-state index is 0.134. The molecule has 3 heterocycles. The van der Waals surface area contributed by atoms with Gasteiger partial charge in [0.2, 0.25) is 0 Å². The van der Waals surface area contributed by atoms with E-state index in [0.29, 0.717) is 18.9 Å². The summed E-state index contributed by atoms with van der Waals surface area (Å²) in [6, 6.07) is 13.0. The quantitative estimate of drug-likeness (QED) is 0.303. The Kier molecular flexibility index (Phi) is 6.59. The number of benzene rings is 2. The van der Waals surface area contributed by atoms with Gasteiger partial charge >= 0.3 is 164 Å². The van der Waals surface area contributed by atoms with Crippen LogP contribution in [0.25, 0.3) is 11.1 Å². The number of amides is 1. The SMILES string of the molecule is O=C(OCCc1ccc2ocnc2c1)N1CCC2CC1c1cc(N3CCN([I-]I)CC3)ccc12. The van der Waals surface area contributed by atoms with Crippen LogP contribution in [0.4, 0.5) is 10.5 Å². The van der Waals surface area contributed by atoms with Gasteiger partial charge < -0.3 is 4.42 Å². The topological polar surface area (TPSA) is 62.1 Å². The number of carbonyl (C=O) groups is 1. The van der Waals surface area contributed by atoms with Gasteiger partial charge in [-0.1, -0.05) is 6.07 Å². The first-order chi connectivity index (χ1) is 16.7. The number of carbonyl (C=O) groups excluding carboxylic acids is 1. The zero-order chi connectivity index (χ0) is 23.1. The number of hydrogen-bond donors (Lipinski definition) is 0. The van der Waals surface area contributed by atoms with Crippen LogP contribution in [0.1, 0.15) is 41.5 Å². The van der Waals surface area contributed by atoms with E-state index < -0.39 is 0 Å². The van der Waals surface area contributed by atoms with E-state index >= 15 is 0 Å². The summed E-state index contributed by atoms with van der Waals surface area (Å²) in [4.78, 5) is 21.7. The number of oxazole rings is 1. The monoisotopic (exact) mass is 685 g/mol. The Balaban J connectivity index is 1.12. The molecule has 0 N–H and O–H groups in total. The number of fused-ring (bicyclic) bond motifs is 6. The van der Waals surface area contributed by atoms with Crippen LogP contribution in [0.5, 0.6) is 0 Å². The van der Waals surface area contributed by atoms with E-state index in [1.54, 1.807) is 0 Å². The maximum absolute atomic E-state index is 13.1. The molecule has 1 aromatic heterocycles. The summed E-state index contributed by atoms with van der Waals surface area (Å²) in [5.74, 6) is 0.563. The van der Waals surface area contributed by atoms with E-state index in [-0.39, 0.29) is 29.6 Å². The number of halogens is 2. The molecule has 2 unspecified atom stereocenters. The summed E-state index contributed by atoms with van der Waals surface area (Å²) in [6.07, 6.45) is 3.96. The molecular weight excluding hydrogens is 658 g/mol. The zero-order valence-corrected chi connectivity index (χ0v) is 23.1. The van der Waals surface area contributed by atoms with Crippen molar-refractivity contribution < 1.29 is 31.5 Å². The first-order valence-electron chi connectivity index (χ1n) is 11.8. The van der Waals surface area contributed by atoms with E-state index in [1.807, 2.05) is 23.1 Å². The predicted octanol–water partition coefficient (Wildman–Crippen LogP) is 1.92. The van der Waals surface area contributed by atoms with Crippen molar-refractivity contribution in [3.8, 4) is 0 Å². The van der Waals surface area contributed by atoms with Crippen LogP contribution >= 0.6 is 18.6 Å². The van der Waals surface area contributed by atoms with Gasteiger partial charge in [0.15, 0.2) is 12.0 Å². The summed E-state index contributed by atoms with van der Waals surface area (Å²) >= 11 is 2.71. The van der Waals surface area contributed by atoms with Gasteiger partial charge in [-0.2, -0.15) is 0 Å². The van der Waals surface area contributed by atoms with Crippen LogP contribution in [0.2, 0.25) is 0 Å². The van der Waals surface area contributed by atoms with Crippen LogP contribution in [0.3, 0.4) is 0 Å². The van der Waals surface area contributed by atoms with E-state index in [0.717, 1.165) is 62.2 Å². The van der Waals surface area contributed by atoms with Gasteiger partial charge in [0.05, 0.1) is 0 Å². The summed E-state index contributed by atoms with van der Waals surface area (Å²) in [6.45, 7) is 5.61. The Labute approximate surface area is 219 Å². The standard InChI is InChI=1S/C25H27I2N4O3/c26-27-30-10-8-29(9-11-30)19-2-3-20-18-5-7-31(23(14-18)21(20)15-19)25(32)33-12-6-17-1-4-24-22(13-17)28-16-34-24/h1-4,13,15-16,18,23H,5-12,14H2/q-1.